The summed E-state index contributed by atoms with van der Waals surface area (Å²) in [4.78, 5) is 0. The highest BCUT2D eigenvalue weighted by Gasteiger charge is 2.49. The van der Waals surface area contributed by atoms with E-state index in [1.54, 1.807) is 11.1 Å². The van der Waals surface area contributed by atoms with Crippen molar-refractivity contribution in [3.63, 3.8) is 0 Å². The molecule has 2 fully saturated rings. The molecule has 0 spiro atoms. The Kier molecular flexibility index (Phi) is 4.29. The summed E-state index contributed by atoms with van der Waals surface area (Å²) in [7, 11) is 3.36. The monoisotopic (exact) mass is 322 g/mol. The van der Waals surface area contributed by atoms with Crippen LogP contribution in [0.15, 0.2) is 60.7 Å². The first-order valence-electron chi connectivity index (χ1n) is 9.18. The molecule has 2 aromatic carbocycles. The predicted octanol–water partition coefficient (Wildman–Crippen LogP) is 6.15. The smallest absolute Gasteiger partial charge is 0.00478 e. The maximum absolute atomic E-state index is 3.36. The van der Waals surface area contributed by atoms with Crippen molar-refractivity contribution in [2.24, 2.45) is 5.92 Å². The van der Waals surface area contributed by atoms with E-state index in [2.05, 4.69) is 69.9 Å². The maximum Gasteiger partial charge on any atom is -0.00478 e. The minimum absolute atomic E-state index is 0.387. The minimum Gasteiger partial charge on any atom is -0.130 e. The van der Waals surface area contributed by atoms with Crippen LogP contribution in [0.2, 0.25) is 0 Å². The van der Waals surface area contributed by atoms with Crippen molar-refractivity contribution in [3.05, 3.63) is 71.8 Å². The molecule has 0 amide bonds. The Morgan fingerprint density at radius 3 is 2.09 bits per heavy atom. The Bertz CT molecular complexity index is 636. The minimum atomic E-state index is 0.387. The van der Waals surface area contributed by atoms with Crippen LogP contribution in [0.4, 0.5) is 0 Å². The van der Waals surface area contributed by atoms with Crippen LogP contribution in [0.3, 0.4) is 0 Å². The molecule has 0 N–H and O–H groups in total. The topological polar surface area (TPSA) is 0 Å². The molecule has 4 rings (SSSR count). The van der Waals surface area contributed by atoms with Crippen molar-refractivity contribution in [1.82, 2.24) is 0 Å². The van der Waals surface area contributed by atoms with Gasteiger partial charge in [0.15, 0.2) is 0 Å². The quantitative estimate of drug-likeness (QED) is 0.594. The van der Waals surface area contributed by atoms with Crippen LogP contribution >= 0.6 is 9.24 Å². The Balaban J connectivity index is 1.67. The van der Waals surface area contributed by atoms with E-state index in [1.807, 2.05) is 0 Å². The van der Waals surface area contributed by atoms with Gasteiger partial charge in [-0.3, -0.25) is 0 Å². The first-order chi connectivity index (χ1) is 11.3. The molecule has 2 aliphatic carbocycles. The van der Waals surface area contributed by atoms with E-state index < -0.39 is 0 Å². The van der Waals surface area contributed by atoms with Crippen LogP contribution in [0, 0.1) is 5.92 Å². The fourth-order valence-corrected chi connectivity index (χ4v) is 6.33. The molecule has 0 heterocycles. The van der Waals surface area contributed by atoms with Gasteiger partial charge in [0.25, 0.3) is 0 Å². The number of hydrogen-bond donors (Lipinski definition) is 0. The highest BCUT2D eigenvalue weighted by Crippen LogP contribution is 2.60. The van der Waals surface area contributed by atoms with Gasteiger partial charge in [0.2, 0.25) is 0 Å². The van der Waals surface area contributed by atoms with E-state index in [4.69, 9.17) is 0 Å². The average molecular weight is 322 g/mol. The third-order valence-electron chi connectivity index (χ3n) is 6.39. The highest BCUT2D eigenvalue weighted by molar-refractivity contribution is 7.19. The Hall–Kier alpha value is -1.13. The molecule has 0 saturated heterocycles. The van der Waals surface area contributed by atoms with Crippen molar-refractivity contribution in [1.29, 1.82) is 0 Å². The summed E-state index contributed by atoms with van der Waals surface area (Å²) < 4.78 is 0. The predicted molar refractivity (Wildman–Crippen MR) is 102 cm³/mol. The molecule has 23 heavy (non-hydrogen) atoms. The molecule has 2 aliphatic rings. The first-order valence-corrected chi connectivity index (χ1v) is 9.75. The second kappa shape index (κ2) is 6.40. The highest BCUT2D eigenvalue weighted by atomic mass is 31.0. The molecule has 0 aromatic heterocycles. The molecule has 2 saturated carbocycles. The van der Waals surface area contributed by atoms with Crippen LogP contribution in [-0.4, -0.2) is 5.16 Å². The first kappa shape index (κ1) is 15.4. The fraction of sp³-hybridized carbons (Fsp3) is 0.455. The zero-order chi connectivity index (χ0) is 15.7. The zero-order valence-corrected chi connectivity index (χ0v) is 15.0. The Labute approximate surface area is 142 Å². The second-order valence-electron chi connectivity index (χ2n) is 7.52. The van der Waals surface area contributed by atoms with Crippen molar-refractivity contribution >= 4 is 9.24 Å². The lowest BCUT2D eigenvalue weighted by Gasteiger charge is -2.41. The summed E-state index contributed by atoms with van der Waals surface area (Å²) in [5, 5.41) is 0.387. The van der Waals surface area contributed by atoms with Gasteiger partial charge in [-0.15, -0.1) is 9.24 Å². The van der Waals surface area contributed by atoms with Gasteiger partial charge < -0.3 is 0 Å². The molecule has 0 bridgehead atoms. The largest absolute Gasteiger partial charge is 0.130 e. The molecule has 0 aliphatic heterocycles. The molecular formula is C22H27P. The van der Waals surface area contributed by atoms with Crippen molar-refractivity contribution in [2.45, 2.75) is 55.5 Å². The van der Waals surface area contributed by atoms with Crippen LogP contribution in [0.25, 0.3) is 0 Å². The van der Waals surface area contributed by atoms with Crippen molar-refractivity contribution in [3.8, 4) is 0 Å². The third-order valence-corrected chi connectivity index (χ3v) is 7.51. The molecule has 5 unspecified atom stereocenters. The zero-order valence-electron chi connectivity index (χ0n) is 13.8. The van der Waals surface area contributed by atoms with Crippen LogP contribution in [-0.2, 0) is 0 Å². The Morgan fingerprint density at radius 2 is 1.39 bits per heavy atom. The normalized spacial score (nSPS) is 33.9. The number of rotatable bonds is 3. The van der Waals surface area contributed by atoms with Gasteiger partial charge in [-0.25, -0.2) is 0 Å². The van der Waals surface area contributed by atoms with Gasteiger partial charge >= 0.3 is 0 Å². The Morgan fingerprint density at radius 1 is 0.739 bits per heavy atom. The lowest BCUT2D eigenvalue weighted by Crippen LogP contribution is -2.35. The summed E-state index contributed by atoms with van der Waals surface area (Å²) in [6.07, 6.45) is 8.25. The fourth-order valence-electron chi connectivity index (χ4n) is 5.36. The second-order valence-corrected chi connectivity index (χ2v) is 8.60. The standard InChI is InChI=1S/C22H27P/c23-22(16-8-15-20(22)18-11-5-2-6-12-18)21-14-7-13-19(21)17-9-3-1-4-10-17/h1-6,9-12,19-21H,7-8,13-16,23H2. The van der Waals surface area contributed by atoms with Crippen molar-refractivity contribution in [2.75, 3.05) is 0 Å². The van der Waals surface area contributed by atoms with Gasteiger partial charge in [-0.1, -0.05) is 73.5 Å². The van der Waals surface area contributed by atoms with E-state index in [1.165, 1.54) is 38.5 Å². The van der Waals surface area contributed by atoms with Gasteiger partial charge in [0, 0.05) is 0 Å². The summed E-state index contributed by atoms with van der Waals surface area (Å²) >= 11 is 0. The third kappa shape index (κ3) is 2.76. The van der Waals surface area contributed by atoms with Crippen molar-refractivity contribution < 1.29 is 0 Å². The van der Waals surface area contributed by atoms with Crippen LogP contribution in [0.5, 0.6) is 0 Å². The molecular weight excluding hydrogens is 295 g/mol. The SMILES string of the molecule is PC1(C2CCCC2c2ccccc2)CCCC1c1ccccc1. The van der Waals surface area contributed by atoms with Gasteiger partial charge in [-0.2, -0.15) is 0 Å². The van der Waals surface area contributed by atoms with Crippen LogP contribution < -0.4 is 0 Å². The van der Waals surface area contributed by atoms with Gasteiger partial charge in [0.05, 0.1) is 0 Å². The lowest BCUT2D eigenvalue weighted by molar-refractivity contribution is 0.327. The van der Waals surface area contributed by atoms with Gasteiger partial charge in [-0.05, 0) is 59.7 Å². The summed E-state index contributed by atoms with van der Waals surface area (Å²) in [6.45, 7) is 0. The molecule has 5 atom stereocenters. The van der Waals surface area contributed by atoms with E-state index in [-0.39, 0.29) is 0 Å². The summed E-state index contributed by atoms with van der Waals surface area (Å²) in [5.41, 5.74) is 3.12. The summed E-state index contributed by atoms with van der Waals surface area (Å²) in [5.74, 6) is 2.27. The van der Waals surface area contributed by atoms with Gasteiger partial charge in [0.1, 0.15) is 0 Å². The lowest BCUT2D eigenvalue weighted by atomic mass is 9.73. The number of benzene rings is 2. The van der Waals surface area contributed by atoms with E-state index in [0.29, 0.717) is 11.1 Å². The van der Waals surface area contributed by atoms with E-state index in [0.717, 1.165) is 11.8 Å². The number of hydrogen-bond acceptors (Lipinski definition) is 0. The maximum atomic E-state index is 3.36. The summed E-state index contributed by atoms with van der Waals surface area (Å²) in [6, 6.07) is 22.5. The van der Waals surface area contributed by atoms with Crippen LogP contribution in [0.1, 0.15) is 61.5 Å². The average Bonchev–Trinajstić information content (AvgIpc) is 3.24. The molecule has 1 heteroatoms. The van der Waals surface area contributed by atoms with E-state index in [9.17, 15) is 0 Å². The molecule has 0 nitrogen and oxygen atoms in total. The molecule has 0 radical (unpaired) electrons. The molecule has 2 aromatic rings. The van der Waals surface area contributed by atoms with E-state index >= 15 is 0 Å². The molecule has 120 valence electrons.